The van der Waals surface area contributed by atoms with Crippen LogP contribution in [0.5, 0.6) is 23.0 Å². The highest BCUT2D eigenvalue weighted by molar-refractivity contribution is 6.36. The van der Waals surface area contributed by atoms with E-state index in [1.54, 1.807) is 42.5 Å². The van der Waals surface area contributed by atoms with Gasteiger partial charge in [0.25, 0.3) is 11.8 Å². The molecule has 2 saturated heterocycles. The van der Waals surface area contributed by atoms with Crippen molar-refractivity contribution >= 4 is 58.5 Å². The lowest BCUT2D eigenvalue weighted by Crippen LogP contribution is -2.53. The molecule has 51 heavy (non-hydrogen) atoms. The number of fused-ring (bicyclic) bond motifs is 4. The second-order valence-corrected chi connectivity index (χ2v) is 13.7. The highest BCUT2D eigenvalue weighted by Crippen LogP contribution is 2.65. The number of imide groups is 4. The number of primary amides is 1. The fourth-order valence-corrected chi connectivity index (χ4v) is 8.97. The molecule has 0 bridgehead atoms. The Hall–Kier alpha value is -5.27. The van der Waals surface area contributed by atoms with Crippen LogP contribution in [0.25, 0.3) is 0 Å². The number of nitrogens with two attached hydrogens (primary N) is 1. The second-order valence-electron chi connectivity index (χ2n) is 12.8. The molecule has 13 nitrogen and oxygen atoms in total. The number of phenols is 1. The van der Waals surface area contributed by atoms with Crippen LogP contribution >= 0.6 is 23.2 Å². The number of hydrazine groups is 1. The van der Waals surface area contributed by atoms with E-state index in [0.717, 1.165) is 5.01 Å². The third-order valence-electron chi connectivity index (χ3n) is 10.6. The summed E-state index contributed by atoms with van der Waals surface area (Å²) >= 11 is 12.6. The number of amides is 6. The molecule has 4 aliphatic rings. The number of carbonyl (C=O) groups excluding carboxylic acids is 5. The quantitative estimate of drug-likeness (QED) is 0.226. The summed E-state index contributed by atoms with van der Waals surface area (Å²) in [6, 6.07) is 13.3. The number of aromatic hydroxyl groups is 1. The Morgan fingerprint density at radius 3 is 2.16 bits per heavy atom. The first-order valence-corrected chi connectivity index (χ1v) is 16.7. The van der Waals surface area contributed by atoms with Gasteiger partial charge in [-0.25, -0.2) is 4.79 Å². The van der Waals surface area contributed by atoms with Crippen LogP contribution in [0.15, 0.2) is 66.2 Å². The first-order chi connectivity index (χ1) is 24.4. The molecule has 0 unspecified atom stereocenters. The largest absolute Gasteiger partial charge is 0.502 e. The Morgan fingerprint density at radius 1 is 0.902 bits per heavy atom. The minimum atomic E-state index is -1.67. The SMILES string of the molecule is COc1ccc([C@@]23C(=O)N(Nc4ccc(Cl)cc4Cl)C(=O)[C@@H]2C[C@@H]2C(=CC[C@@H]4C(=O)N(C(N)=O)C(=O)[C@@H]42)[C@@H]3c2cc(OC)c(O)c(OC)c2)cc1. The number of anilines is 1. The number of rotatable bonds is 7. The maximum absolute atomic E-state index is 15.3. The molecule has 0 aromatic heterocycles. The number of carbonyl (C=O) groups is 5. The summed E-state index contributed by atoms with van der Waals surface area (Å²) in [5.74, 6) is -7.24. The Bertz CT molecular complexity index is 2030. The third kappa shape index (κ3) is 4.93. The second kappa shape index (κ2) is 12.5. The third-order valence-corrected chi connectivity index (χ3v) is 11.2. The van der Waals surface area contributed by atoms with Crippen molar-refractivity contribution in [2.45, 2.75) is 24.2 Å². The lowest BCUT2D eigenvalue weighted by atomic mass is 9.49. The van der Waals surface area contributed by atoms with Crippen molar-refractivity contribution in [2.24, 2.45) is 29.4 Å². The molecule has 15 heteroatoms. The molecule has 7 rings (SSSR count). The number of nitrogens with zero attached hydrogens (tertiary/aromatic N) is 2. The van der Waals surface area contributed by atoms with E-state index < -0.39 is 64.7 Å². The van der Waals surface area contributed by atoms with Gasteiger partial charge in [-0.3, -0.25) is 24.6 Å². The number of halogens is 2. The van der Waals surface area contributed by atoms with Crippen LogP contribution < -0.4 is 25.4 Å². The highest BCUT2D eigenvalue weighted by atomic mass is 35.5. The summed E-state index contributed by atoms with van der Waals surface area (Å²) in [5.41, 5.74) is 8.46. The van der Waals surface area contributed by atoms with Crippen molar-refractivity contribution in [3.05, 3.63) is 87.4 Å². The van der Waals surface area contributed by atoms with Gasteiger partial charge in [-0.2, -0.15) is 9.91 Å². The average Bonchev–Trinajstić information content (AvgIpc) is 3.50. The molecular formula is C36H32Cl2N4O9. The average molecular weight is 736 g/mol. The van der Waals surface area contributed by atoms with Gasteiger partial charge in [0.2, 0.25) is 17.6 Å². The van der Waals surface area contributed by atoms with Gasteiger partial charge >= 0.3 is 6.03 Å². The monoisotopic (exact) mass is 734 g/mol. The molecule has 3 aromatic rings. The minimum absolute atomic E-state index is 0.0360. The van der Waals surface area contributed by atoms with Crippen LogP contribution in [0, 0.1) is 23.7 Å². The van der Waals surface area contributed by atoms with E-state index in [4.69, 9.17) is 43.1 Å². The van der Waals surface area contributed by atoms with Gasteiger partial charge in [0.15, 0.2) is 11.5 Å². The molecular weight excluding hydrogens is 703 g/mol. The first-order valence-electron chi connectivity index (χ1n) is 16.0. The smallest absolute Gasteiger partial charge is 0.328 e. The number of likely N-dealkylation sites (tertiary alicyclic amines) is 1. The number of benzene rings is 3. The maximum Gasteiger partial charge on any atom is 0.328 e. The van der Waals surface area contributed by atoms with Crippen molar-refractivity contribution < 1.29 is 43.3 Å². The fourth-order valence-electron chi connectivity index (χ4n) is 8.52. The number of methoxy groups -OCH3 is 3. The summed E-state index contributed by atoms with van der Waals surface area (Å²) in [6.07, 6.45) is 1.84. The molecule has 3 fully saturated rings. The molecule has 6 atom stereocenters. The van der Waals surface area contributed by atoms with Crippen LogP contribution in [-0.2, 0) is 24.6 Å². The number of allylic oxidation sites excluding steroid dienone is 2. The van der Waals surface area contributed by atoms with E-state index in [9.17, 15) is 24.3 Å². The van der Waals surface area contributed by atoms with Crippen LogP contribution in [0.1, 0.15) is 29.9 Å². The van der Waals surface area contributed by atoms with E-state index >= 15 is 4.79 Å². The molecule has 0 radical (unpaired) electrons. The van der Waals surface area contributed by atoms with Crippen LogP contribution in [-0.4, -0.2) is 66.0 Å². The maximum atomic E-state index is 15.3. The van der Waals surface area contributed by atoms with Crippen LogP contribution in [0.4, 0.5) is 10.5 Å². The zero-order chi connectivity index (χ0) is 36.5. The summed E-state index contributed by atoms with van der Waals surface area (Å²) < 4.78 is 16.5. The predicted octanol–water partition coefficient (Wildman–Crippen LogP) is 4.79. The van der Waals surface area contributed by atoms with Gasteiger partial charge in [0.05, 0.1) is 55.2 Å². The van der Waals surface area contributed by atoms with E-state index in [1.165, 1.54) is 33.5 Å². The van der Waals surface area contributed by atoms with Crippen molar-refractivity contribution in [2.75, 3.05) is 26.8 Å². The summed E-state index contributed by atoms with van der Waals surface area (Å²) in [5, 5.41) is 12.3. The molecule has 264 valence electrons. The van der Waals surface area contributed by atoms with Crippen molar-refractivity contribution in [3.63, 3.8) is 0 Å². The Morgan fingerprint density at radius 2 is 1.57 bits per heavy atom. The van der Waals surface area contributed by atoms with E-state index in [0.29, 0.717) is 32.4 Å². The van der Waals surface area contributed by atoms with Gasteiger partial charge in [0, 0.05) is 10.9 Å². The number of hydrogen-bond donors (Lipinski definition) is 3. The van der Waals surface area contributed by atoms with Gasteiger partial charge < -0.3 is 25.1 Å². The molecule has 2 aliphatic heterocycles. The zero-order valence-electron chi connectivity index (χ0n) is 27.5. The predicted molar refractivity (Wildman–Crippen MR) is 183 cm³/mol. The zero-order valence-corrected chi connectivity index (χ0v) is 29.0. The Kier molecular flexibility index (Phi) is 8.38. The van der Waals surface area contributed by atoms with Gasteiger partial charge in [-0.05, 0) is 72.4 Å². The summed E-state index contributed by atoms with van der Waals surface area (Å²) in [6.45, 7) is 0. The molecule has 3 aromatic carbocycles. The summed E-state index contributed by atoms with van der Waals surface area (Å²) in [4.78, 5) is 70.1. The Labute approximate surface area is 301 Å². The van der Waals surface area contributed by atoms with Gasteiger partial charge in [-0.15, -0.1) is 0 Å². The van der Waals surface area contributed by atoms with E-state index in [2.05, 4.69) is 5.43 Å². The van der Waals surface area contributed by atoms with Crippen LogP contribution in [0.3, 0.4) is 0 Å². The fraction of sp³-hybridized carbons (Fsp3) is 0.306. The lowest BCUT2D eigenvalue weighted by Gasteiger charge is -2.50. The molecule has 1 saturated carbocycles. The highest BCUT2D eigenvalue weighted by Gasteiger charge is 2.70. The lowest BCUT2D eigenvalue weighted by molar-refractivity contribution is -0.139. The number of nitrogens with one attached hydrogen (secondary N) is 1. The number of urea groups is 1. The standard InChI is InChI=1S/C36H32Cl2N4O9/c1-49-19-7-4-17(5-8-19)36-23(32(45)42(34(36)47)40-25-11-6-18(37)14-24(25)38)15-22-20(9-10-21-28(22)33(46)41(31(21)44)35(39)48)29(36)16-12-26(50-2)30(43)27(13-16)51-3/h4-9,11-14,21-23,28-29,40,43H,10,15H2,1-3H3,(H2,39,48)/t21-,22+,23-,28-,29-,36+/m0/s1. The first kappa shape index (κ1) is 34.2. The Balaban J connectivity index is 1.51. The topological polar surface area (TPSA) is 178 Å². The number of hydrogen-bond acceptors (Lipinski definition) is 10. The molecule has 2 heterocycles. The van der Waals surface area contributed by atoms with E-state index in [1.807, 2.05) is 6.08 Å². The number of phenolic OH excluding ortho intramolecular Hbond substituents is 1. The molecule has 6 amide bonds. The van der Waals surface area contributed by atoms with Crippen molar-refractivity contribution in [1.82, 2.24) is 9.91 Å². The summed E-state index contributed by atoms with van der Waals surface area (Å²) in [7, 11) is 4.23. The van der Waals surface area contributed by atoms with Crippen LogP contribution in [0.2, 0.25) is 10.0 Å². The van der Waals surface area contributed by atoms with Gasteiger partial charge in [-0.1, -0.05) is 47.0 Å². The minimum Gasteiger partial charge on any atom is -0.502 e. The van der Waals surface area contributed by atoms with Crippen molar-refractivity contribution in [3.8, 4) is 23.0 Å². The van der Waals surface area contributed by atoms with Gasteiger partial charge in [0.1, 0.15) is 5.75 Å². The normalized spacial score (nSPS) is 26.7. The molecule has 4 N–H and O–H groups in total. The van der Waals surface area contributed by atoms with Crippen molar-refractivity contribution in [1.29, 1.82) is 0 Å². The molecule has 2 aliphatic carbocycles. The van der Waals surface area contributed by atoms with E-state index in [-0.39, 0.29) is 40.8 Å². The molecule has 0 spiro atoms. The number of ether oxygens (including phenoxy) is 3.